The predicted molar refractivity (Wildman–Crippen MR) is 37.8 cm³/mol. The third-order valence-corrected chi connectivity index (χ3v) is 1.36. The summed E-state index contributed by atoms with van der Waals surface area (Å²) in [5.74, 6) is 0. The topological polar surface area (TPSA) is 39.4 Å². The molecule has 1 aliphatic rings. The van der Waals surface area contributed by atoms with Crippen molar-refractivity contribution in [2.24, 2.45) is 4.99 Å². The lowest BCUT2D eigenvalue weighted by molar-refractivity contribution is 0.732. The van der Waals surface area contributed by atoms with Gasteiger partial charge in [0.2, 0.25) is 0 Å². The summed E-state index contributed by atoms with van der Waals surface area (Å²) in [5.41, 5.74) is 0.429. The molecule has 1 aliphatic heterocycles. The minimum absolute atomic E-state index is 0.429. The van der Waals surface area contributed by atoms with Crippen molar-refractivity contribution in [2.45, 2.75) is 0 Å². The van der Waals surface area contributed by atoms with Crippen molar-refractivity contribution >= 4 is 22.4 Å². The smallest absolute Gasteiger partial charge is 0.156 e. The molecule has 0 spiro atoms. The molecule has 9 heavy (non-hydrogen) atoms. The Morgan fingerprint density at radius 1 is 1.89 bits per heavy atom. The standard InChI is InChI=1S/C5H4BrN3/c6-9-2-1-8-5(3-7)4-9/h1,4H,2H2. The molecule has 0 unspecified atom stereocenters. The van der Waals surface area contributed by atoms with Crippen molar-refractivity contribution in [1.82, 2.24) is 3.93 Å². The van der Waals surface area contributed by atoms with Gasteiger partial charge in [0.1, 0.15) is 6.07 Å². The van der Waals surface area contributed by atoms with E-state index >= 15 is 0 Å². The van der Waals surface area contributed by atoms with E-state index in [1.165, 1.54) is 0 Å². The van der Waals surface area contributed by atoms with Gasteiger partial charge in [0.25, 0.3) is 0 Å². The Hall–Kier alpha value is -0.820. The Kier molecular flexibility index (Phi) is 1.85. The van der Waals surface area contributed by atoms with E-state index in [1.54, 1.807) is 16.3 Å². The first-order valence-corrected chi connectivity index (χ1v) is 3.11. The summed E-state index contributed by atoms with van der Waals surface area (Å²) in [6.45, 7) is 0.713. The van der Waals surface area contributed by atoms with Crippen LogP contribution in [-0.4, -0.2) is 16.7 Å². The normalized spacial score (nSPS) is 16.9. The molecule has 0 atom stereocenters. The molecule has 0 aliphatic carbocycles. The summed E-state index contributed by atoms with van der Waals surface area (Å²) >= 11 is 3.18. The molecule has 0 fully saturated rings. The fourth-order valence-electron chi connectivity index (χ4n) is 0.494. The number of hydrogen-bond donors (Lipinski definition) is 0. The summed E-state index contributed by atoms with van der Waals surface area (Å²) < 4.78 is 1.72. The van der Waals surface area contributed by atoms with Crippen LogP contribution >= 0.6 is 16.1 Å². The third-order valence-electron chi connectivity index (χ3n) is 0.863. The minimum atomic E-state index is 0.429. The highest BCUT2D eigenvalue weighted by Gasteiger charge is 2.00. The summed E-state index contributed by atoms with van der Waals surface area (Å²) in [7, 11) is 0. The van der Waals surface area contributed by atoms with Crippen molar-refractivity contribution in [3.05, 3.63) is 11.9 Å². The highest BCUT2D eigenvalue weighted by molar-refractivity contribution is 9.07. The number of allylic oxidation sites excluding steroid dienone is 1. The molecule has 0 radical (unpaired) electrons. The molecule has 0 saturated carbocycles. The fraction of sp³-hybridized carbons (Fsp3) is 0.200. The van der Waals surface area contributed by atoms with Crippen LogP contribution in [0.4, 0.5) is 0 Å². The molecule has 3 nitrogen and oxygen atoms in total. The van der Waals surface area contributed by atoms with Crippen molar-refractivity contribution in [3.8, 4) is 6.07 Å². The molecule has 1 heterocycles. The molecule has 0 aromatic rings. The van der Waals surface area contributed by atoms with Gasteiger partial charge in [0.05, 0.1) is 6.54 Å². The lowest BCUT2D eigenvalue weighted by atomic mass is 10.5. The van der Waals surface area contributed by atoms with Crippen LogP contribution in [0.1, 0.15) is 0 Å². The van der Waals surface area contributed by atoms with Crippen molar-refractivity contribution < 1.29 is 0 Å². The number of nitrogens with zero attached hydrogens (tertiary/aromatic N) is 3. The largest absolute Gasteiger partial charge is 0.307 e. The second kappa shape index (κ2) is 2.65. The van der Waals surface area contributed by atoms with Crippen molar-refractivity contribution in [1.29, 1.82) is 5.26 Å². The van der Waals surface area contributed by atoms with Crippen molar-refractivity contribution in [2.75, 3.05) is 6.54 Å². The van der Waals surface area contributed by atoms with E-state index in [0.29, 0.717) is 12.2 Å². The third kappa shape index (κ3) is 1.54. The van der Waals surface area contributed by atoms with E-state index in [-0.39, 0.29) is 0 Å². The van der Waals surface area contributed by atoms with Gasteiger partial charge >= 0.3 is 0 Å². The van der Waals surface area contributed by atoms with Crippen molar-refractivity contribution in [3.63, 3.8) is 0 Å². The van der Waals surface area contributed by atoms with Gasteiger partial charge in [0, 0.05) is 28.6 Å². The maximum absolute atomic E-state index is 8.33. The number of rotatable bonds is 0. The molecule has 0 aromatic heterocycles. The van der Waals surface area contributed by atoms with Gasteiger partial charge in [-0.3, -0.25) is 0 Å². The first-order valence-electron chi connectivity index (χ1n) is 2.40. The molecule has 46 valence electrons. The van der Waals surface area contributed by atoms with E-state index in [4.69, 9.17) is 5.26 Å². The Bertz CT molecular complexity index is 201. The molecule has 0 aromatic carbocycles. The van der Waals surface area contributed by atoms with Gasteiger partial charge in [-0.1, -0.05) is 0 Å². The van der Waals surface area contributed by atoms with Gasteiger partial charge < -0.3 is 3.93 Å². The second-order valence-corrected chi connectivity index (χ2v) is 2.43. The summed E-state index contributed by atoms with van der Waals surface area (Å²) in [6, 6.07) is 1.93. The lowest BCUT2D eigenvalue weighted by Crippen LogP contribution is -2.10. The molecule has 4 heteroatoms. The van der Waals surface area contributed by atoms with Crippen LogP contribution in [0.25, 0.3) is 0 Å². The molecular formula is C5H4BrN3. The van der Waals surface area contributed by atoms with Crippen LogP contribution in [0.3, 0.4) is 0 Å². The summed E-state index contributed by atoms with van der Waals surface area (Å²) in [6.07, 6.45) is 3.31. The Morgan fingerprint density at radius 2 is 2.67 bits per heavy atom. The van der Waals surface area contributed by atoms with Crippen LogP contribution in [0, 0.1) is 11.3 Å². The maximum Gasteiger partial charge on any atom is 0.156 e. The van der Waals surface area contributed by atoms with Crippen LogP contribution < -0.4 is 0 Å². The fourth-order valence-corrected chi connectivity index (χ4v) is 0.817. The average molecular weight is 186 g/mol. The molecule has 0 bridgehead atoms. The van der Waals surface area contributed by atoms with Gasteiger partial charge in [-0.15, -0.1) is 0 Å². The van der Waals surface area contributed by atoms with Crippen LogP contribution in [0.2, 0.25) is 0 Å². The Labute approximate surface area is 61.6 Å². The second-order valence-electron chi connectivity index (χ2n) is 1.52. The highest BCUT2D eigenvalue weighted by Crippen LogP contribution is 2.06. The molecule has 0 amide bonds. The summed E-state index contributed by atoms with van der Waals surface area (Å²) in [5, 5.41) is 8.33. The quantitative estimate of drug-likeness (QED) is 0.530. The Morgan fingerprint density at radius 3 is 3.11 bits per heavy atom. The van der Waals surface area contributed by atoms with Gasteiger partial charge in [0.15, 0.2) is 5.70 Å². The zero-order valence-electron chi connectivity index (χ0n) is 4.58. The average Bonchev–Trinajstić information content (AvgIpc) is 1.88. The monoisotopic (exact) mass is 185 g/mol. The van der Waals surface area contributed by atoms with E-state index < -0.39 is 0 Å². The van der Waals surface area contributed by atoms with E-state index in [9.17, 15) is 0 Å². The van der Waals surface area contributed by atoms with Crippen LogP contribution in [-0.2, 0) is 0 Å². The van der Waals surface area contributed by atoms with Crippen LogP contribution in [0.5, 0.6) is 0 Å². The lowest BCUT2D eigenvalue weighted by Gasteiger charge is -2.09. The Balaban J connectivity index is 2.74. The van der Waals surface area contributed by atoms with Crippen LogP contribution in [0.15, 0.2) is 16.9 Å². The van der Waals surface area contributed by atoms with Gasteiger partial charge in [-0.05, 0) is 0 Å². The van der Waals surface area contributed by atoms with Gasteiger partial charge in [-0.25, -0.2) is 4.99 Å². The van der Waals surface area contributed by atoms with E-state index in [0.717, 1.165) is 0 Å². The van der Waals surface area contributed by atoms with E-state index in [2.05, 4.69) is 21.1 Å². The van der Waals surface area contributed by atoms with E-state index in [1.807, 2.05) is 6.07 Å². The SMILES string of the molecule is N#CC1=CN(Br)CC=N1. The first kappa shape index (κ1) is 6.30. The number of nitriles is 1. The number of aliphatic imine (C=N–C) groups is 1. The molecular weight excluding hydrogens is 182 g/mol. The molecule has 0 saturated heterocycles. The zero-order chi connectivity index (χ0) is 6.69. The molecule has 1 rings (SSSR count). The summed E-state index contributed by atoms with van der Waals surface area (Å²) in [4.78, 5) is 3.80. The molecule has 0 N–H and O–H groups in total. The highest BCUT2D eigenvalue weighted by atomic mass is 79.9. The first-order chi connectivity index (χ1) is 4.33. The number of hydrogen-bond acceptors (Lipinski definition) is 3. The minimum Gasteiger partial charge on any atom is -0.307 e. The maximum atomic E-state index is 8.33. The predicted octanol–water partition coefficient (Wildman–Crippen LogP) is 1.05. The number of halogens is 1. The zero-order valence-corrected chi connectivity index (χ0v) is 6.17. The van der Waals surface area contributed by atoms with Gasteiger partial charge in [-0.2, -0.15) is 5.26 Å².